The number of benzene rings is 3. The topological polar surface area (TPSA) is 78.6 Å². The number of alkyl halides is 3. The number of halogens is 3. The van der Waals surface area contributed by atoms with E-state index in [0.717, 1.165) is 29.4 Å². The molecule has 0 aliphatic carbocycles. The van der Waals surface area contributed by atoms with Crippen molar-refractivity contribution >= 4 is 5.91 Å². The zero-order valence-electron chi connectivity index (χ0n) is 18.9. The highest BCUT2D eigenvalue weighted by molar-refractivity contribution is 5.98. The van der Waals surface area contributed by atoms with Crippen LogP contribution in [0.3, 0.4) is 0 Å². The van der Waals surface area contributed by atoms with E-state index in [1.54, 1.807) is 16.9 Å². The van der Waals surface area contributed by atoms with Crippen molar-refractivity contribution < 1.29 is 28.2 Å². The molecule has 0 fully saturated rings. The zero-order chi connectivity index (χ0) is 25.3. The summed E-state index contributed by atoms with van der Waals surface area (Å²) >= 11 is 0. The van der Waals surface area contributed by atoms with E-state index in [1.807, 2.05) is 31.2 Å². The Morgan fingerprint density at radius 2 is 1.69 bits per heavy atom. The molecule has 0 atom stereocenters. The first-order chi connectivity index (χ1) is 16.6. The van der Waals surface area contributed by atoms with Crippen LogP contribution in [-0.4, -0.2) is 37.8 Å². The molecule has 0 saturated carbocycles. The smallest absolute Gasteiger partial charge is 0.416 e. The van der Waals surface area contributed by atoms with Gasteiger partial charge in [-0.05, 0) is 48.4 Å². The number of carbonyl (C=O) groups is 1. The van der Waals surface area contributed by atoms with Gasteiger partial charge in [0.25, 0.3) is 5.91 Å². The van der Waals surface area contributed by atoms with Gasteiger partial charge in [0.2, 0.25) is 0 Å². The Morgan fingerprint density at radius 3 is 2.34 bits per heavy atom. The Kier molecular flexibility index (Phi) is 6.26. The molecule has 3 aromatic carbocycles. The van der Waals surface area contributed by atoms with E-state index in [9.17, 15) is 28.2 Å². The van der Waals surface area contributed by atoms with Crippen molar-refractivity contribution in [2.45, 2.75) is 19.6 Å². The van der Waals surface area contributed by atoms with E-state index < -0.39 is 23.4 Å². The first-order valence-corrected chi connectivity index (χ1v) is 10.6. The van der Waals surface area contributed by atoms with Crippen LogP contribution in [0.15, 0.2) is 72.9 Å². The van der Waals surface area contributed by atoms with Gasteiger partial charge >= 0.3 is 6.18 Å². The monoisotopic (exact) mass is 481 g/mol. The molecule has 4 aromatic rings. The van der Waals surface area contributed by atoms with Crippen molar-refractivity contribution in [3.05, 3.63) is 95.2 Å². The Labute approximate surface area is 199 Å². The van der Waals surface area contributed by atoms with E-state index >= 15 is 0 Å². The third-order valence-electron chi connectivity index (χ3n) is 5.65. The summed E-state index contributed by atoms with van der Waals surface area (Å²) in [7, 11) is 1.48. The molecule has 0 spiro atoms. The van der Waals surface area contributed by atoms with Gasteiger partial charge < -0.3 is 15.1 Å². The third-order valence-corrected chi connectivity index (χ3v) is 5.65. The molecule has 0 radical (unpaired) electrons. The summed E-state index contributed by atoms with van der Waals surface area (Å²) in [6.45, 7) is 1.94. The van der Waals surface area contributed by atoms with Crippen molar-refractivity contribution in [3.8, 4) is 28.4 Å². The standard InChI is InChI=1S/C26H22F3N3O3/c1-16-5-3-4-6-21(16)32-22(11-12-30-32)19-13-20(24(34)14-23(19)33)25(35)31(2)15-17-7-9-18(10-8-17)26(27,28)29/h3-14,33-34H,15H2,1-2H3. The molecule has 1 aromatic heterocycles. The summed E-state index contributed by atoms with van der Waals surface area (Å²) < 4.78 is 40.0. The zero-order valence-corrected chi connectivity index (χ0v) is 18.9. The van der Waals surface area contributed by atoms with Crippen LogP contribution in [0, 0.1) is 6.92 Å². The average Bonchev–Trinajstić information content (AvgIpc) is 3.28. The number of aryl methyl sites for hydroxylation is 1. The summed E-state index contributed by atoms with van der Waals surface area (Å²) in [4.78, 5) is 14.4. The van der Waals surface area contributed by atoms with Gasteiger partial charge in [-0.3, -0.25) is 4.79 Å². The summed E-state index contributed by atoms with van der Waals surface area (Å²) in [5, 5.41) is 25.3. The molecule has 0 unspecified atom stereocenters. The lowest BCUT2D eigenvalue weighted by Gasteiger charge is -2.19. The van der Waals surface area contributed by atoms with Crippen LogP contribution in [0.1, 0.15) is 27.0 Å². The van der Waals surface area contributed by atoms with Gasteiger partial charge in [-0.25, -0.2) is 4.68 Å². The van der Waals surface area contributed by atoms with Crippen LogP contribution in [-0.2, 0) is 12.7 Å². The summed E-state index contributed by atoms with van der Waals surface area (Å²) in [5.74, 6) is -1.22. The Balaban J connectivity index is 1.65. The largest absolute Gasteiger partial charge is 0.507 e. The average molecular weight is 481 g/mol. The van der Waals surface area contributed by atoms with Crippen LogP contribution >= 0.6 is 0 Å². The van der Waals surface area contributed by atoms with E-state index in [2.05, 4.69) is 5.10 Å². The maximum absolute atomic E-state index is 13.1. The number of phenols is 2. The molecule has 35 heavy (non-hydrogen) atoms. The van der Waals surface area contributed by atoms with E-state index in [1.165, 1.54) is 30.1 Å². The second-order valence-corrected chi connectivity index (χ2v) is 8.16. The molecule has 0 aliphatic rings. The molecule has 180 valence electrons. The molecule has 2 N–H and O–H groups in total. The lowest BCUT2D eigenvalue weighted by molar-refractivity contribution is -0.137. The number of rotatable bonds is 5. The number of para-hydroxylation sites is 1. The van der Waals surface area contributed by atoms with Gasteiger partial charge in [0.05, 0.1) is 28.7 Å². The lowest BCUT2D eigenvalue weighted by Crippen LogP contribution is -2.26. The number of hydrogen-bond donors (Lipinski definition) is 2. The van der Waals surface area contributed by atoms with Gasteiger partial charge in [-0.1, -0.05) is 30.3 Å². The van der Waals surface area contributed by atoms with Crippen molar-refractivity contribution in [2.24, 2.45) is 0 Å². The van der Waals surface area contributed by atoms with Crippen LogP contribution < -0.4 is 0 Å². The number of nitrogens with zero attached hydrogens (tertiary/aromatic N) is 3. The Hall–Kier alpha value is -4.27. The highest BCUT2D eigenvalue weighted by atomic mass is 19.4. The van der Waals surface area contributed by atoms with Crippen molar-refractivity contribution in [3.63, 3.8) is 0 Å². The maximum atomic E-state index is 13.1. The van der Waals surface area contributed by atoms with E-state index in [-0.39, 0.29) is 23.4 Å². The Bertz CT molecular complexity index is 1380. The number of aromatic hydroxyl groups is 2. The fourth-order valence-corrected chi connectivity index (χ4v) is 3.80. The van der Waals surface area contributed by atoms with E-state index in [0.29, 0.717) is 11.3 Å². The lowest BCUT2D eigenvalue weighted by atomic mass is 10.0. The molecule has 6 nitrogen and oxygen atoms in total. The fourth-order valence-electron chi connectivity index (χ4n) is 3.80. The highest BCUT2D eigenvalue weighted by Crippen LogP contribution is 2.36. The van der Waals surface area contributed by atoms with Gasteiger partial charge in [0.15, 0.2) is 0 Å². The molecular formula is C26H22F3N3O3. The van der Waals surface area contributed by atoms with Gasteiger partial charge in [-0.15, -0.1) is 0 Å². The van der Waals surface area contributed by atoms with Crippen molar-refractivity contribution in [1.82, 2.24) is 14.7 Å². The number of hydrogen-bond acceptors (Lipinski definition) is 4. The van der Waals surface area contributed by atoms with E-state index in [4.69, 9.17) is 0 Å². The molecular weight excluding hydrogens is 459 g/mol. The second-order valence-electron chi connectivity index (χ2n) is 8.16. The molecule has 1 heterocycles. The van der Waals surface area contributed by atoms with Gasteiger partial charge in [0.1, 0.15) is 11.5 Å². The predicted molar refractivity (Wildman–Crippen MR) is 124 cm³/mol. The highest BCUT2D eigenvalue weighted by Gasteiger charge is 2.30. The number of aromatic nitrogens is 2. The molecule has 4 rings (SSSR count). The van der Waals surface area contributed by atoms with Crippen LogP contribution in [0.25, 0.3) is 16.9 Å². The van der Waals surface area contributed by atoms with Gasteiger partial charge in [0, 0.05) is 25.2 Å². The minimum absolute atomic E-state index is 0.0216. The van der Waals surface area contributed by atoms with Crippen LogP contribution in [0.4, 0.5) is 13.2 Å². The van der Waals surface area contributed by atoms with Crippen molar-refractivity contribution in [1.29, 1.82) is 0 Å². The summed E-state index contributed by atoms with van der Waals surface area (Å²) in [6.07, 6.45) is -2.88. The maximum Gasteiger partial charge on any atom is 0.416 e. The molecule has 9 heteroatoms. The third kappa shape index (κ3) is 4.84. The van der Waals surface area contributed by atoms with Crippen LogP contribution in [0.2, 0.25) is 0 Å². The van der Waals surface area contributed by atoms with Gasteiger partial charge in [-0.2, -0.15) is 18.3 Å². The summed E-state index contributed by atoms with van der Waals surface area (Å²) in [6, 6.07) is 16.2. The number of phenolic OH excluding ortho intramolecular Hbond substituents is 2. The molecule has 1 amide bonds. The van der Waals surface area contributed by atoms with Crippen LogP contribution in [0.5, 0.6) is 11.5 Å². The number of carbonyl (C=O) groups excluding carboxylic acids is 1. The molecule has 0 aliphatic heterocycles. The Morgan fingerprint density at radius 1 is 1.00 bits per heavy atom. The molecule has 0 bridgehead atoms. The minimum atomic E-state index is -4.45. The fraction of sp³-hybridized carbons (Fsp3) is 0.154. The first kappa shape index (κ1) is 23.9. The summed E-state index contributed by atoms with van der Waals surface area (Å²) in [5.41, 5.74) is 2.18. The number of amides is 1. The SMILES string of the molecule is Cc1ccccc1-n1nccc1-c1cc(C(=O)N(C)Cc2ccc(C(F)(F)F)cc2)c(O)cc1O. The quantitative estimate of drug-likeness (QED) is 0.392. The van der Waals surface area contributed by atoms with Crippen molar-refractivity contribution in [2.75, 3.05) is 7.05 Å². The second kappa shape index (κ2) is 9.17. The normalized spacial score (nSPS) is 11.5. The predicted octanol–water partition coefficient (Wildman–Crippen LogP) is 5.55. The molecule has 0 saturated heterocycles. The first-order valence-electron chi connectivity index (χ1n) is 10.6. The minimum Gasteiger partial charge on any atom is -0.507 e.